The van der Waals surface area contributed by atoms with Gasteiger partial charge < -0.3 is 9.47 Å². The van der Waals surface area contributed by atoms with Gasteiger partial charge in [0.15, 0.2) is 0 Å². The van der Waals surface area contributed by atoms with Crippen LogP contribution >= 0.6 is 0 Å². The van der Waals surface area contributed by atoms with Crippen LogP contribution in [0.2, 0.25) is 0 Å². The Morgan fingerprint density at radius 2 is 1.70 bits per heavy atom. The summed E-state index contributed by atoms with van der Waals surface area (Å²) in [6, 6.07) is 6.56. The van der Waals surface area contributed by atoms with Gasteiger partial charge in [-0.3, -0.25) is 0 Å². The maximum Gasteiger partial charge on any atom is 0.126 e. The Balaban J connectivity index is 2.42. The van der Waals surface area contributed by atoms with Gasteiger partial charge in [-0.25, -0.2) is 0 Å². The van der Waals surface area contributed by atoms with Crippen LogP contribution in [0.1, 0.15) is 69.9 Å². The molecule has 0 N–H and O–H groups in total. The molecule has 0 atom stereocenters. The van der Waals surface area contributed by atoms with Gasteiger partial charge in [-0.05, 0) is 37.5 Å². The zero-order chi connectivity index (χ0) is 16.8. The van der Waals surface area contributed by atoms with Gasteiger partial charge in [0, 0.05) is 12.7 Å². The Kier molecular flexibility index (Phi) is 11.3. The minimum Gasteiger partial charge on any atom is -0.491 e. The number of ether oxygens (including phenoxy) is 2. The lowest BCUT2D eigenvalue weighted by Crippen LogP contribution is -2.05. The molecule has 130 valence electrons. The summed E-state index contributed by atoms with van der Waals surface area (Å²) < 4.78 is 10.8. The first-order valence-electron chi connectivity index (χ1n) is 9.19. The number of rotatable bonds is 13. The molecule has 2 nitrogen and oxygen atoms in total. The average Bonchev–Trinajstić information content (AvgIpc) is 2.56. The number of aryl methyl sites for hydroxylation is 1. The summed E-state index contributed by atoms with van der Waals surface area (Å²) in [6.45, 7) is 5.53. The van der Waals surface area contributed by atoms with Crippen molar-refractivity contribution in [2.24, 2.45) is 0 Å². The second-order valence-corrected chi connectivity index (χ2v) is 6.08. The number of hydrogen-bond donors (Lipinski definition) is 0. The molecule has 0 aliphatic rings. The molecule has 0 saturated heterocycles. The van der Waals surface area contributed by atoms with E-state index in [-0.39, 0.29) is 0 Å². The van der Waals surface area contributed by atoms with Crippen molar-refractivity contribution in [1.82, 2.24) is 0 Å². The highest BCUT2D eigenvalue weighted by atomic mass is 16.5. The van der Waals surface area contributed by atoms with Crippen LogP contribution < -0.4 is 4.74 Å². The predicted molar refractivity (Wildman–Crippen MR) is 100 cm³/mol. The Bertz CT molecular complexity index is 437. The lowest BCUT2D eigenvalue weighted by atomic mass is 10.0. The van der Waals surface area contributed by atoms with Crippen molar-refractivity contribution in [3.63, 3.8) is 0 Å². The van der Waals surface area contributed by atoms with Gasteiger partial charge in [0.25, 0.3) is 0 Å². The van der Waals surface area contributed by atoms with Crippen molar-refractivity contribution >= 4 is 6.08 Å². The third-order valence-corrected chi connectivity index (χ3v) is 4.03. The molecule has 1 aromatic rings. The van der Waals surface area contributed by atoms with Crippen molar-refractivity contribution in [3.8, 4) is 5.75 Å². The standard InChI is InChI=1S/C21H34O2/c1-4-6-7-8-9-10-11-13-19-14-15-21(23-17-16-22-3)20(18-19)12-5-2/h5,12,14-15,18H,4,6-11,13,16-17H2,1-3H3/b12-5+. The molecule has 0 saturated carbocycles. The topological polar surface area (TPSA) is 18.5 Å². The summed E-state index contributed by atoms with van der Waals surface area (Å²) in [5.74, 6) is 0.948. The van der Waals surface area contributed by atoms with Crippen LogP contribution in [0.15, 0.2) is 24.3 Å². The van der Waals surface area contributed by atoms with Crippen LogP contribution in [0.25, 0.3) is 6.08 Å². The lowest BCUT2D eigenvalue weighted by molar-refractivity contribution is 0.146. The third-order valence-electron chi connectivity index (χ3n) is 4.03. The predicted octanol–water partition coefficient (Wildman–Crippen LogP) is 6.04. The second-order valence-electron chi connectivity index (χ2n) is 6.08. The van der Waals surface area contributed by atoms with Crippen LogP contribution in [0, 0.1) is 0 Å². The smallest absolute Gasteiger partial charge is 0.126 e. The summed E-state index contributed by atoms with van der Waals surface area (Å²) >= 11 is 0. The fourth-order valence-corrected chi connectivity index (χ4v) is 2.72. The number of hydrogen-bond acceptors (Lipinski definition) is 2. The molecule has 0 aliphatic carbocycles. The molecule has 0 unspecified atom stereocenters. The third kappa shape index (κ3) is 8.80. The number of benzene rings is 1. The highest BCUT2D eigenvalue weighted by Crippen LogP contribution is 2.23. The van der Waals surface area contributed by atoms with Crippen LogP contribution in [0.5, 0.6) is 5.75 Å². The van der Waals surface area contributed by atoms with Crippen LogP contribution in [0.3, 0.4) is 0 Å². The SMILES string of the molecule is C/C=C/c1cc(CCCCCCCCC)ccc1OCCOC. The molecule has 23 heavy (non-hydrogen) atoms. The maximum atomic E-state index is 5.79. The number of methoxy groups -OCH3 is 1. The largest absolute Gasteiger partial charge is 0.491 e. The Hall–Kier alpha value is -1.28. The van der Waals surface area contributed by atoms with E-state index >= 15 is 0 Å². The van der Waals surface area contributed by atoms with Gasteiger partial charge >= 0.3 is 0 Å². The quantitative estimate of drug-likeness (QED) is 0.413. The van der Waals surface area contributed by atoms with Crippen molar-refractivity contribution in [2.75, 3.05) is 20.3 Å². The van der Waals surface area contributed by atoms with Gasteiger partial charge in [0.1, 0.15) is 12.4 Å². The van der Waals surface area contributed by atoms with E-state index in [0.29, 0.717) is 13.2 Å². The molecule has 0 aromatic heterocycles. The molecule has 0 bridgehead atoms. The molecule has 0 spiro atoms. The summed E-state index contributed by atoms with van der Waals surface area (Å²) in [5.41, 5.74) is 2.58. The van der Waals surface area contributed by atoms with Crippen molar-refractivity contribution < 1.29 is 9.47 Å². The van der Waals surface area contributed by atoms with E-state index in [1.54, 1.807) is 7.11 Å². The van der Waals surface area contributed by atoms with Crippen LogP contribution in [-0.4, -0.2) is 20.3 Å². The van der Waals surface area contributed by atoms with E-state index in [9.17, 15) is 0 Å². The zero-order valence-corrected chi connectivity index (χ0v) is 15.3. The van der Waals surface area contributed by atoms with Crippen molar-refractivity contribution in [3.05, 3.63) is 35.4 Å². The summed E-state index contributed by atoms with van der Waals surface area (Å²) in [5, 5.41) is 0. The molecule has 0 fully saturated rings. The molecular weight excluding hydrogens is 284 g/mol. The average molecular weight is 319 g/mol. The van der Waals surface area contributed by atoms with Crippen molar-refractivity contribution in [1.29, 1.82) is 0 Å². The zero-order valence-electron chi connectivity index (χ0n) is 15.3. The second kappa shape index (κ2) is 13.2. The molecular formula is C21H34O2. The molecule has 0 amide bonds. The molecule has 0 heterocycles. The highest BCUT2D eigenvalue weighted by molar-refractivity contribution is 5.58. The van der Waals surface area contributed by atoms with Crippen LogP contribution in [0.4, 0.5) is 0 Å². The summed E-state index contributed by atoms with van der Waals surface area (Å²) in [7, 11) is 1.70. The van der Waals surface area contributed by atoms with Gasteiger partial charge in [-0.15, -0.1) is 0 Å². The first kappa shape index (κ1) is 19.8. The minimum absolute atomic E-state index is 0.595. The normalized spacial score (nSPS) is 11.3. The van der Waals surface area contributed by atoms with Crippen molar-refractivity contribution in [2.45, 2.75) is 65.2 Å². The first-order chi connectivity index (χ1) is 11.3. The Morgan fingerprint density at radius 1 is 0.957 bits per heavy atom. The van der Waals surface area contributed by atoms with Gasteiger partial charge in [-0.1, -0.05) is 63.7 Å². The van der Waals surface area contributed by atoms with Gasteiger partial charge in [0.05, 0.1) is 6.61 Å². The molecule has 0 radical (unpaired) electrons. The Labute approximate surface area is 142 Å². The Morgan fingerprint density at radius 3 is 2.39 bits per heavy atom. The molecule has 0 aliphatic heterocycles. The highest BCUT2D eigenvalue weighted by Gasteiger charge is 2.03. The van der Waals surface area contributed by atoms with Gasteiger partial charge in [-0.2, -0.15) is 0 Å². The van der Waals surface area contributed by atoms with E-state index in [0.717, 1.165) is 12.2 Å². The van der Waals surface area contributed by atoms with E-state index in [4.69, 9.17) is 9.47 Å². The van der Waals surface area contributed by atoms with E-state index in [2.05, 4.69) is 37.3 Å². The fourth-order valence-electron chi connectivity index (χ4n) is 2.72. The number of allylic oxidation sites excluding steroid dienone is 1. The van der Waals surface area contributed by atoms with Gasteiger partial charge in [0.2, 0.25) is 0 Å². The van der Waals surface area contributed by atoms with Crippen LogP contribution in [-0.2, 0) is 11.2 Å². The van der Waals surface area contributed by atoms with E-state index in [1.165, 1.54) is 56.1 Å². The first-order valence-corrected chi connectivity index (χ1v) is 9.19. The lowest BCUT2D eigenvalue weighted by Gasteiger charge is -2.11. The molecule has 2 heteroatoms. The molecule has 1 rings (SSSR count). The minimum atomic E-state index is 0.595. The van der Waals surface area contributed by atoms with E-state index < -0.39 is 0 Å². The number of unbranched alkanes of at least 4 members (excludes halogenated alkanes) is 6. The maximum absolute atomic E-state index is 5.79. The van der Waals surface area contributed by atoms with E-state index in [1.807, 2.05) is 6.92 Å². The fraction of sp³-hybridized carbons (Fsp3) is 0.619. The monoisotopic (exact) mass is 318 g/mol. The molecule has 1 aromatic carbocycles. The summed E-state index contributed by atoms with van der Waals surface area (Å²) in [4.78, 5) is 0. The summed E-state index contributed by atoms with van der Waals surface area (Å²) in [6.07, 6.45) is 14.9.